The molecule has 1 atom stereocenters. The summed E-state index contributed by atoms with van der Waals surface area (Å²) in [7, 11) is 0. The van der Waals surface area contributed by atoms with Crippen LogP contribution in [-0.4, -0.2) is 31.4 Å². The minimum absolute atomic E-state index is 0.662. The molecule has 2 aliphatic heterocycles. The third kappa shape index (κ3) is 3.54. The number of rotatable bonds is 0. The normalized spacial score (nSPS) is 22.4. The third-order valence-electron chi connectivity index (χ3n) is 2.03. The van der Waals surface area contributed by atoms with Crippen molar-refractivity contribution in [2.45, 2.75) is 6.18 Å². The highest BCUT2D eigenvalue weighted by Crippen LogP contribution is 2.11. The number of nitrogens with one attached hydrogen (secondary N) is 1. The fourth-order valence-electron chi connectivity index (χ4n) is 1.24. The Morgan fingerprint density at radius 3 is 2.75 bits per heavy atom. The molecule has 0 radical (unpaired) electrons. The summed E-state index contributed by atoms with van der Waals surface area (Å²) in [5.74, 6) is -2.34. The van der Waals surface area contributed by atoms with Crippen LogP contribution in [-0.2, 0) is 4.79 Å². The van der Waals surface area contributed by atoms with Crippen LogP contribution in [0.1, 0.15) is 0 Å². The summed E-state index contributed by atoms with van der Waals surface area (Å²) < 4.78 is 31.5. The van der Waals surface area contributed by atoms with Gasteiger partial charge in [-0.15, -0.1) is 0 Å². The number of hydrogen-bond donors (Lipinski definition) is 2. The van der Waals surface area contributed by atoms with Crippen molar-refractivity contribution in [3.05, 3.63) is 11.8 Å². The Labute approximate surface area is 89.0 Å². The molecule has 1 saturated heterocycles. The molecule has 0 aromatic rings. The largest absolute Gasteiger partial charge is 0.542 e. The quantitative estimate of drug-likeness (QED) is 0.476. The molecule has 0 aromatic heterocycles. The lowest BCUT2D eigenvalue weighted by Crippen LogP contribution is -2.89. The molecule has 0 amide bonds. The number of halogens is 3. The molecule has 2 aliphatic rings. The SMILES string of the molecule is C1=NCC2C[NH2+]NC2=C1.O=C([O-])C(F)(F)F. The van der Waals surface area contributed by atoms with Crippen molar-refractivity contribution >= 4 is 12.2 Å². The Hall–Kier alpha value is -1.57. The van der Waals surface area contributed by atoms with Gasteiger partial charge in [0.2, 0.25) is 0 Å². The van der Waals surface area contributed by atoms with Crippen molar-refractivity contribution in [3.63, 3.8) is 0 Å². The average molecular weight is 237 g/mol. The van der Waals surface area contributed by atoms with Gasteiger partial charge >= 0.3 is 6.18 Å². The topological polar surface area (TPSA) is 81.1 Å². The van der Waals surface area contributed by atoms with Crippen molar-refractivity contribution < 1.29 is 28.5 Å². The van der Waals surface area contributed by atoms with Crippen molar-refractivity contribution in [1.82, 2.24) is 5.43 Å². The number of carbonyl (C=O) groups excluding carboxylic acids is 1. The van der Waals surface area contributed by atoms with E-state index in [0.717, 1.165) is 13.1 Å². The summed E-state index contributed by atoms with van der Waals surface area (Å²) in [5.41, 5.74) is 6.64. The van der Waals surface area contributed by atoms with Gasteiger partial charge in [-0.2, -0.15) is 13.2 Å². The Balaban J connectivity index is 0.000000168. The van der Waals surface area contributed by atoms with Crippen LogP contribution >= 0.6 is 0 Å². The van der Waals surface area contributed by atoms with E-state index in [1.54, 1.807) is 0 Å². The van der Waals surface area contributed by atoms with E-state index < -0.39 is 12.1 Å². The number of quaternary nitrogens is 1. The van der Waals surface area contributed by atoms with E-state index in [2.05, 4.69) is 21.9 Å². The van der Waals surface area contributed by atoms with Gasteiger partial charge in [0, 0.05) is 6.21 Å². The molecule has 8 heteroatoms. The summed E-state index contributed by atoms with van der Waals surface area (Å²) in [6, 6.07) is 0. The maximum Gasteiger partial charge on any atom is 0.430 e. The van der Waals surface area contributed by atoms with E-state index in [4.69, 9.17) is 9.90 Å². The molecule has 1 fully saturated rings. The predicted octanol–water partition coefficient (Wildman–Crippen LogP) is -2.05. The van der Waals surface area contributed by atoms with Crippen LogP contribution in [0.15, 0.2) is 16.8 Å². The molecule has 2 rings (SSSR count). The van der Waals surface area contributed by atoms with Gasteiger partial charge in [-0.25, -0.2) is 10.9 Å². The molecular weight excluding hydrogens is 227 g/mol. The number of allylic oxidation sites excluding steroid dienone is 1. The van der Waals surface area contributed by atoms with Crippen molar-refractivity contribution in [1.29, 1.82) is 0 Å². The lowest BCUT2D eigenvalue weighted by Gasteiger charge is -2.05. The second-order valence-electron chi connectivity index (χ2n) is 3.20. The lowest BCUT2D eigenvalue weighted by molar-refractivity contribution is -0.689. The number of aliphatic imine (C=N–C) groups is 1. The Kier molecular flexibility index (Phi) is 3.88. The minimum atomic E-state index is -5.19. The van der Waals surface area contributed by atoms with Gasteiger partial charge < -0.3 is 9.90 Å². The van der Waals surface area contributed by atoms with E-state index in [1.165, 1.54) is 5.70 Å². The first-order valence-corrected chi connectivity index (χ1v) is 4.47. The number of dihydropyridines is 1. The van der Waals surface area contributed by atoms with Gasteiger partial charge in [0.1, 0.15) is 12.5 Å². The molecule has 3 N–H and O–H groups in total. The number of alkyl halides is 3. The molecule has 0 spiro atoms. The van der Waals surface area contributed by atoms with Crippen molar-refractivity contribution in [3.8, 4) is 0 Å². The standard InChI is InChI=1S/C6H9N3.C2HF3O2/c1-2-7-3-5-4-8-9-6(1)5;3-2(4,5)1(6)7/h1-2,5,8-9H,3-4H2;(H,6,7). The van der Waals surface area contributed by atoms with Crippen LogP contribution in [0.4, 0.5) is 13.2 Å². The monoisotopic (exact) mass is 237 g/mol. The van der Waals surface area contributed by atoms with Crippen LogP contribution in [0.3, 0.4) is 0 Å². The fourth-order valence-corrected chi connectivity index (χ4v) is 1.24. The van der Waals surface area contributed by atoms with Crippen LogP contribution in [0.5, 0.6) is 0 Å². The van der Waals surface area contributed by atoms with E-state index >= 15 is 0 Å². The fraction of sp³-hybridized carbons (Fsp3) is 0.500. The third-order valence-corrected chi connectivity index (χ3v) is 2.03. The number of aliphatic carboxylic acids is 1. The predicted molar refractivity (Wildman–Crippen MR) is 45.9 cm³/mol. The highest BCUT2D eigenvalue weighted by atomic mass is 19.4. The van der Waals surface area contributed by atoms with Crippen LogP contribution < -0.4 is 16.0 Å². The zero-order valence-corrected chi connectivity index (χ0v) is 8.12. The first-order chi connectivity index (χ1) is 7.41. The Morgan fingerprint density at radius 1 is 1.62 bits per heavy atom. The Morgan fingerprint density at radius 2 is 2.25 bits per heavy atom. The summed E-state index contributed by atoms with van der Waals surface area (Å²) in [5, 5.41) is 8.78. The van der Waals surface area contributed by atoms with E-state index in [0.29, 0.717) is 5.92 Å². The van der Waals surface area contributed by atoms with E-state index in [-0.39, 0.29) is 0 Å². The number of carbonyl (C=O) groups is 1. The smallest absolute Gasteiger partial charge is 0.430 e. The molecule has 0 saturated carbocycles. The highest BCUT2D eigenvalue weighted by molar-refractivity contribution is 5.73. The van der Waals surface area contributed by atoms with Crippen molar-refractivity contribution in [2.24, 2.45) is 10.9 Å². The average Bonchev–Trinajstić information content (AvgIpc) is 2.64. The molecule has 16 heavy (non-hydrogen) atoms. The summed E-state index contributed by atoms with van der Waals surface area (Å²) >= 11 is 0. The van der Waals surface area contributed by atoms with Gasteiger partial charge in [0.15, 0.2) is 0 Å². The molecule has 5 nitrogen and oxygen atoms in total. The highest BCUT2D eigenvalue weighted by Gasteiger charge is 2.28. The number of carboxylic acid groups (broad SMARTS) is 1. The molecule has 0 bridgehead atoms. The summed E-state index contributed by atoms with van der Waals surface area (Å²) in [6.07, 6.45) is -1.27. The molecular formula is C8H10F3N3O2. The molecule has 90 valence electrons. The van der Waals surface area contributed by atoms with Gasteiger partial charge in [-0.3, -0.25) is 4.99 Å². The molecule has 2 heterocycles. The van der Waals surface area contributed by atoms with Crippen LogP contribution in [0.25, 0.3) is 0 Å². The minimum Gasteiger partial charge on any atom is -0.542 e. The molecule has 0 aliphatic carbocycles. The second kappa shape index (κ2) is 4.97. The zero-order valence-electron chi connectivity index (χ0n) is 8.12. The van der Waals surface area contributed by atoms with Gasteiger partial charge in [0.05, 0.1) is 18.2 Å². The van der Waals surface area contributed by atoms with Crippen LogP contribution in [0, 0.1) is 5.92 Å². The first-order valence-electron chi connectivity index (χ1n) is 4.47. The lowest BCUT2D eigenvalue weighted by atomic mass is 10.1. The van der Waals surface area contributed by atoms with Crippen LogP contribution in [0.2, 0.25) is 0 Å². The Bertz CT molecular complexity index is 325. The van der Waals surface area contributed by atoms with Gasteiger partial charge in [-0.05, 0) is 6.08 Å². The number of carboxylic acids is 1. The summed E-state index contributed by atoms with van der Waals surface area (Å²) in [4.78, 5) is 12.9. The van der Waals surface area contributed by atoms with Crippen molar-refractivity contribution in [2.75, 3.05) is 13.1 Å². The van der Waals surface area contributed by atoms with E-state index in [1.807, 2.05) is 6.21 Å². The van der Waals surface area contributed by atoms with Gasteiger partial charge in [0.25, 0.3) is 0 Å². The number of nitrogens with zero attached hydrogens (tertiary/aromatic N) is 1. The second-order valence-corrected chi connectivity index (χ2v) is 3.20. The van der Waals surface area contributed by atoms with E-state index in [9.17, 15) is 13.2 Å². The maximum atomic E-state index is 10.5. The molecule has 0 aromatic carbocycles. The number of fused-ring (bicyclic) bond motifs is 1. The number of hydrogen-bond acceptors (Lipinski definition) is 4. The number of nitrogens with two attached hydrogens (primary N) is 1. The van der Waals surface area contributed by atoms with Gasteiger partial charge in [-0.1, -0.05) is 0 Å². The zero-order chi connectivity index (χ0) is 12.2. The summed E-state index contributed by atoms with van der Waals surface area (Å²) in [6.45, 7) is 2.11. The maximum absolute atomic E-state index is 10.5. The first kappa shape index (κ1) is 12.5. The molecule has 1 unspecified atom stereocenters.